The summed E-state index contributed by atoms with van der Waals surface area (Å²) in [6.45, 7) is 0. The molecule has 1 spiro atoms. The lowest BCUT2D eigenvalue weighted by Gasteiger charge is -2.36. The van der Waals surface area contributed by atoms with Crippen LogP contribution in [0, 0.1) is 11.3 Å². The molecule has 2 fully saturated rings. The maximum absolute atomic E-state index is 12.7. The molecule has 5 rings (SSSR count). The summed E-state index contributed by atoms with van der Waals surface area (Å²) < 4.78 is 1.82. The van der Waals surface area contributed by atoms with Crippen molar-refractivity contribution in [3.05, 3.63) is 41.3 Å². The molecular formula is C20H19N3O3S. The van der Waals surface area contributed by atoms with E-state index in [4.69, 9.17) is 5.11 Å². The topological polar surface area (TPSA) is 84.2 Å². The Morgan fingerprint density at radius 3 is 2.67 bits per heavy atom. The van der Waals surface area contributed by atoms with Gasteiger partial charge < -0.3 is 10.4 Å². The van der Waals surface area contributed by atoms with Crippen LogP contribution in [0.2, 0.25) is 0 Å². The molecule has 7 heteroatoms. The van der Waals surface area contributed by atoms with E-state index in [-0.39, 0.29) is 23.3 Å². The van der Waals surface area contributed by atoms with Crippen LogP contribution in [0.5, 0.6) is 0 Å². The minimum Gasteiger partial charge on any atom is -0.481 e. The maximum atomic E-state index is 12.7. The first kappa shape index (κ1) is 16.5. The Morgan fingerprint density at radius 2 is 2.00 bits per heavy atom. The largest absolute Gasteiger partial charge is 0.481 e. The zero-order chi connectivity index (χ0) is 18.8. The van der Waals surface area contributed by atoms with Gasteiger partial charge in [-0.25, -0.2) is 0 Å². The van der Waals surface area contributed by atoms with Crippen molar-refractivity contribution in [3.63, 3.8) is 0 Å². The van der Waals surface area contributed by atoms with E-state index in [9.17, 15) is 9.59 Å². The van der Waals surface area contributed by atoms with Crippen molar-refractivity contribution in [2.24, 2.45) is 18.4 Å². The lowest BCUT2D eigenvalue weighted by atomic mass is 9.75. The second-order valence-electron chi connectivity index (χ2n) is 7.70. The monoisotopic (exact) mass is 381 g/mol. The van der Waals surface area contributed by atoms with Crippen molar-refractivity contribution in [2.75, 3.05) is 0 Å². The van der Waals surface area contributed by atoms with E-state index >= 15 is 0 Å². The van der Waals surface area contributed by atoms with Crippen LogP contribution in [-0.2, 0) is 11.8 Å². The average molecular weight is 381 g/mol. The van der Waals surface area contributed by atoms with Crippen LogP contribution in [0.4, 0.5) is 0 Å². The molecule has 0 saturated heterocycles. The number of carboxylic acid groups (broad SMARTS) is 1. The van der Waals surface area contributed by atoms with Crippen molar-refractivity contribution in [3.8, 4) is 11.3 Å². The second kappa shape index (κ2) is 5.66. The quantitative estimate of drug-likeness (QED) is 0.726. The zero-order valence-corrected chi connectivity index (χ0v) is 15.6. The number of nitrogens with zero attached hydrogens (tertiary/aromatic N) is 2. The highest BCUT2D eigenvalue weighted by Gasteiger charge is 2.65. The summed E-state index contributed by atoms with van der Waals surface area (Å²) in [5.41, 5.74) is 1.87. The van der Waals surface area contributed by atoms with E-state index in [0.29, 0.717) is 4.88 Å². The number of thiophene rings is 1. The van der Waals surface area contributed by atoms with Gasteiger partial charge in [0, 0.05) is 24.0 Å². The smallest absolute Gasteiger partial charge is 0.307 e. The molecule has 1 amide bonds. The maximum Gasteiger partial charge on any atom is 0.307 e. The molecule has 1 atom stereocenters. The number of carbonyl (C=O) groups is 2. The van der Waals surface area contributed by atoms with Crippen LogP contribution >= 0.6 is 11.3 Å². The summed E-state index contributed by atoms with van der Waals surface area (Å²) in [7, 11) is 1.89. The van der Waals surface area contributed by atoms with Gasteiger partial charge in [0.15, 0.2) is 0 Å². The van der Waals surface area contributed by atoms with Crippen molar-refractivity contribution in [1.29, 1.82) is 0 Å². The highest BCUT2D eigenvalue weighted by molar-refractivity contribution is 7.20. The Morgan fingerprint density at radius 1 is 1.26 bits per heavy atom. The second-order valence-corrected chi connectivity index (χ2v) is 8.73. The summed E-state index contributed by atoms with van der Waals surface area (Å²) in [6.07, 6.45) is 2.30. The summed E-state index contributed by atoms with van der Waals surface area (Å²) >= 11 is 1.44. The van der Waals surface area contributed by atoms with Gasteiger partial charge in [-0.05, 0) is 30.7 Å². The normalized spacial score (nSPS) is 26.1. The highest BCUT2D eigenvalue weighted by Crippen LogP contribution is 2.65. The molecule has 27 heavy (non-hydrogen) atoms. The Balaban J connectivity index is 1.34. The van der Waals surface area contributed by atoms with Gasteiger partial charge >= 0.3 is 5.97 Å². The number of carbonyl (C=O) groups excluding carboxylic acids is 1. The number of carboxylic acids is 1. The van der Waals surface area contributed by atoms with E-state index in [1.54, 1.807) is 0 Å². The van der Waals surface area contributed by atoms with Gasteiger partial charge in [0.2, 0.25) is 0 Å². The van der Waals surface area contributed by atoms with Crippen LogP contribution < -0.4 is 5.32 Å². The number of aromatic nitrogens is 2. The molecule has 2 N–H and O–H groups in total. The molecule has 0 unspecified atom stereocenters. The number of hydrogen-bond acceptors (Lipinski definition) is 4. The van der Waals surface area contributed by atoms with E-state index in [2.05, 4.69) is 10.4 Å². The predicted octanol–water partition coefficient (Wildman–Crippen LogP) is 3.28. The van der Waals surface area contributed by atoms with E-state index in [1.807, 2.05) is 48.1 Å². The number of benzene rings is 1. The SMILES string of the molecule is Cn1nc(-c2ccccc2)c2cc(C(=O)NC3CC4(C3)C[C@@H]4C(=O)O)sc21. The molecule has 6 nitrogen and oxygen atoms in total. The third-order valence-electron chi connectivity index (χ3n) is 5.91. The lowest BCUT2D eigenvalue weighted by molar-refractivity contribution is -0.140. The minimum absolute atomic E-state index is 0.0473. The van der Waals surface area contributed by atoms with Gasteiger partial charge in [-0.3, -0.25) is 14.3 Å². The number of hydrogen-bond donors (Lipinski definition) is 2. The molecule has 138 valence electrons. The fourth-order valence-electron chi connectivity index (χ4n) is 4.39. The van der Waals surface area contributed by atoms with E-state index < -0.39 is 5.97 Å². The van der Waals surface area contributed by atoms with Gasteiger partial charge in [0.05, 0.1) is 10.8 Å². The molecule has 3 aromatic rings. The fourth-order valence-corrected chi connectivity index (χ4v) is 5.37. The van der Waals surface area contributed by atoms with Gasteiger partial charge in [0.25, 0.3) is 5.91 Å². The van der Waals surface area contributed by atoms with E-state index in [1.165, 1.54) is 11.3 Å². The van der Waals surface area contributed by atoms with Gasteiger partial charge in [-0.1, -0.05) is 30.3 Å². The fraction of sp³-hybridized carbons (Fsp3) is 0.350. The third kappa shape index (κ3) is 2.56. The van der Waals surface area contributed by atoms with Crippen molar-refractivity contribution >= 4 is 33.4 Å². The summed E-state index contributed by atoms with van der Waals surface area (Å²) in [5, 5.41) is 17.8. The first-order chi connectivity index (χ1) is 13.0. The van der Waals surface area contributed by atoms with Crippen LogP contribution in [0.25, 0.3) is 21.5 Å². The Kier molecular flexibility index (Phi) is 3.46. The number of nitrogens with one attached hydrogen (secondary N) is 1. The number of aliphatic carboxylic acids is 1. The summed E-state index contributed by atoms with van der Waals surface area (Å²) in [4.78, 5) is 25.4. The molecule has 2 aromatic heterocycles. The molecule has 0 bridgehead atoms. The van der Waals surface area contributed by atoms with Crippen LogP contribution in [0.15, 0.2) is 36.4 Å². The average Bonchev–Trinajstić information content (AvgIpc) is 3.09. The van der Waals surface area contributed by atoms with Crippen LogP contribution in [0.1, 0.15) is 28.9 Å². The van der Waals surface area contributed by atoms with E-state index in [0.717, 1.165) is 40.7 Å². The molecule has 0 aliphatic heterocycles. The summed E-state index contributed by atoms with van der Waals surface area (Å²) in [5.74, 6) is -0.998. The minimum atomic E-state index is -0.703. The summed E-state index contributed by atoms with van der Waals surface area (Å²) in [6, 6.07) is 11.9. The molecule has 2 saturated carbocycles. The highest BCUT2D eigenvalue weighted by atomic mass is 32.1. The Bertz CT molecular complexity index is 1060. The Hall–Kier alpha value is -2.67. The van der Waals surface area contributed by atoms with Crippen molar-refractivity contribution in [1.82, 2.24) is 15.1 Å². The zero-order valence-electron chi connectivity index (χ0n) is 14.8. The van der Waals surface area contributed by atoms with Gasteiger partial charge in [-0.2, -0.15) is 5.10 Å². The predicted molar refractivity (Wildman–Crippen MR) is 103 cm³/mol. The van der Waals surface area contributed by atoms with Crippen molar-refractivity contribution in [2.45, 2.75) is 25.3 Å². The van der Waals surface area contributed by atoms with Gasteiger partial charge in [0.1, 0.15) is 10.5 Å². The first-order valence-electron chi connectivity index (χ1n) is 9.02. The molecule has 2 aliphatic carbocycles. The van der Waals surface area contributed by atoms with Gasteiger partial charge in [-0.15, -0.1) is 11.3 Å². The molecule has 2 heterocycles. The molecule has 2 aliphatic rings. The number of fused-ring (bicyclic) bond motifs is 1. The number of amides is 1. The van der Waals surface area contributed by atoms with Crippen LogP contribution in [0.3, 0.4) is 0 Å². The number of rotatable bonds is 4. The van der Waals surface area contributed by atoms with Crippen molar-refractivity contribution < 1.29 is 14.7 Å². The molecule has 1 aromatic carbocycles. The number of aryl methyl sites for hydroxylation is 1. The Labute approximate surface area is 159 Å². The standard InChI is InChI=1S/C20H19N3O3S/c1-23-18-13(16(22-23)11-5-3-2-4-6-11)7-15(27-18)17(24)21-12-8-20(9-12)10-14(20)19(25)26/h2-7,12,14H,8-10H2,1H3,(H,21,24)(H,25,26)/t12?,14-,20?/m1/s1. The first-order valence-corrected chi connectivity index (χ1v) is 9.84. The molecule has 0 radical (unpaired) electrons. The third-order valence-corrected chi connectivity index (χ3v) is 7.11. The lowest BCUT2D eigenvalue weighted by Crippen LogP contribution is -2.46. The molecular weight excluding hydrogens is 362 g/mol. The van der Waals surface area contributed by atoms with Crippen LogP contribution in [-0.4, -0.2) is 32.8 Å².